The van der Waals surface area contributed by atoms with Crippen molar-refractivity contribution in [3.63, 3.8) is 0 Å². The van der Waals surface area contributed by atoms with Gasteiger partial charge in [-0.25, -0.2) is 13.2 Å². The minimum absolute atomic E-state index is 0.137. The van der Waals surface area contributed by atoms with Crippen molar-refractivity contribution in [3.05, 3.63) is 89.5 Å². The molecule has 0 spiro atoms. The number of carboxylic acid groups (broad SMARTS) is 1. The van der Waals surface area contributed by atoms with Crippen LogP contribution in [0.2, 0.25) is 0 Å². The summed E-state index contributed by atoms with van der Waals surface area (Å²) in [7, 11) is -4.39. The largest absolute Gasteiger partial charge is 0.573 e. The van der Waals surface area contributed by atoms with Crippen LogP contribution in [0.4, 0.5) is 18.9 Å². The maximum atomic E-state index is 12.8. The minimum Gasteiger partial charge on any atom is -0.478 e. The highest BCUT2D eigenvalue weighted by Crippen LogP contribution is 2.31. The second-order valence-corrected chi connectivity index (χ2v) is 8.41. The van der Waals surface area contributed by atoms with Gasteiger partial charge in [0.05, 0.1) is 11.3 Å². The maximum absolute atomic E-state index is 12.8. The summed E-state index contributed by atoms with van der Waals surface area (Å²) < 4.78 is 69.8. The van der Waals surface area contributed by atoms with Crippen molar-refractivity contribution in [1.82, 2.24) is 0 Å². The fourth-order valence-corrected chi connectivity index (χ4v) is 4.29. The van der Waals surface area contributed by atoms with Gasteiger partial charge in [-0.2, -0.15) is 0 Å². The number of nitrogens with one attached hydrogen (secondary N) is 1. The zero-order chi connectivity index (χ0) is 23.4. The number of halogens is 3. The van der Waals surface area contributed by atoms with Crippen molar-refractivity contribution in [2.24, 2.45) is 0 Å². The van der Waals surface area contributed by atoms with E-state index >= 15 is 0 Å². The summed E-state index contributed by atoms with van der Waals surface area (Å²) in [4.78, 5) is 10.5. The van der Waals surface area contributed by atoms with E-state index in [1.54, 1.807) is 30.3 Å². The lowest BCUT2D eigenvalue weighted by molar-refractivity contribution is -0.275. The molecule has 0 aliphatic rings. The molecule has 3 rings (SSSR count). The quantitative estimate of drug-likeness (QED) is 0.495. The molecule has 0 atom stereocenters. The molecule has 0 saturated carbocycles. The topological polar surface area (TPSA) is 92.7 Å². The molecule has 2 N–H and O–H groups in total. The number of hydrogen-bond acceptors (Lipinski definition) is 4. The third kappa shape index (κ3) is 6.01. The zero-order valence-corrected chi connectivity index (χ0v) is 17.3. The van der Waals surface area contributed by atoms with Gasteiger partial charge in [-0.15, -0.1) is 13.2 Å². The molecule has 10 heteroatoms. The number of carboxylic acids is 1. The summed E-state index contributed by atoms with van der Waals surface area (Å²) >= 11 is 0. The number of aromatic carboxylic acids is 1. The molecule has 0 unspecified atom stereocenters. The number of carbonyl (C=O) groups is 1. The van der Waals surface area contributed by atoms with Gasteiger partial charge in [-0.1, -0.05) is 42.5 Å². The number of alkyl halides is 3. The Labute approximate surface area is 182 Å². The van der Waals surface area contributed by atoms with Crippen molar-refractivity contribution in [2.75, 3.05) is 4.72 Å². The summed E-state index contributed by atoms with van der Waals surface area (Å²) in [6.45, 7) is 0. The van der Waals surface area contributed by atoms with Gasteiger partial charge in [0, 0.05) is 0 Å². The Hall–Kier alpha value is -3.53. The van der Waals surface area contributed by atoms with E-state index in [2.05, 4.69) is 9.46 Å². The second kappa shape index (κ2) is 9.31. The highest BCUT2D eigenvalue weighted by Gasteiger charge is 2.34. The van der Waals surface area contributed by atoms with Gasteiger partial charge in [0.2, 0.25) is 0 Å². The second-order valence-electron chi connectivity index (χ2n) is 6.76. The predicted octanol–water partition coefficient (Wildman–Crippen LogP) is 4.87. The average molecular weight is 465 g/mol. The first-order chi connectivity index (χ1) is 15.0. The number of hydrogen-bond donors (Lipinski definition) is 2. The lowest BCUT2D eigenvalue weighted by Crippen LogP contribution is -2.21. The standard InChI is InChI=1S/C22H18F3NO5S/c23-22(24,25)31-19-10-3-4-11-20(19)32(29,30)26-18-9-2-1-7-16(18)13-12-15-6-5-8-17(14-15)21(27)28/h1-11,14,26H,12-13H2,(H,27,28). The summed E-state index contributed by atoms with van der Waals surface area (Å²) in [5.74, 6) is -1.89. The van der Waals surface area contributed by atoms with E-state index in [1.807, 2.05) is 0 Å². The molecule has 168 valence electrons. The first-order valence-electron chi connectivity index (χ1n) is 9.33. The summed E-state index contributed by atoms with van der Waals surface area (Å²) in [6, 6.07) is 17.3. The fraction of sp³-hybridized carbons (Fsp3) is 0.136. The summed E-state index contributed by atoms with van der Waals surface area (Å²) in [6.07, 6.45) is -4.26. The Balaban J connectivity index is 1.84. The molecule has 0 aliphatic heterocycles. The molecule has 6 nitrogen and oxygen atoms in total. The van der Waals surface area contributed by atoms with Crippen LogP contribution < -0.4 is 9.46 Å². The van der Waals surface area contributed by atoms with E-state index in [0.717, 1.165) is 17.7 Å². The third-order valence-electron chi connectivity index (χ3n) is 4.48. The van der Waals surface area contributed by atoms with Crippen molar-refractivity contribution >= 4 is 21.7 Å². The Kier molecular flexibility index (Phi) is 6.73. The van der Waals surface area contributed by atoms with Crippen molar-refractivity contribution in [2.45, 2.75) is 24.1 Å². The van der Waals surface area contributed by atoms with E-state index in [-0.39, 0.29) is 11.3 Å². The SMILES string of the molecule is O=C(O)c1cccc(CCc2ccccc2NS(=O)(=O)c2ccccc2OC(F)(F)F)c1. The Morgan fingerprint density at radius 1 is 0.938 bits per heavy atom. The molecule has 3 aromatic rings. The normalized spacial score (nSPS) is 11.7. The summed E-state index contributed by atoms with van der Waals surface area (Å²) in [5, 5.41) is 9.11. The summed E-state index contributed by atoms with van der Waals surface area (Å²) in [5.41, 5.74) is 1.67. The average Bonchev–Trinajstić information content (AvgIpc) is 2.72. The molecule has 0 amide bonds. The third-order valence-corrected chi connectivity index (χ3v) is 5.89. The molecule has 0 aliphatic carbocycles. The van der Waals surface area contributed by atoms with Gasteiger partial charge >= 0.3 is 12.3 Å². The van der Waals surface area contributed by atoms with Crippen LogP contribution in [-0.4, -0.2) is 25.9 Å². The van der Waals surface area contributed by atoms with Crippen molar-refractivity contribution in [3.8, 4) is 5.75 Å². The van der Waals surface area contributed by atoms with Gasteiger partial charge in [-0.05, 0) is 54.3 Å². The van der Waals surface area contributed by atoms with E-state index in [1.165, 1.54) is 30.3 Å². The van der Waals surface area contributed by atoms with Crippen LogP contribution in [0.3, 0.4) is 0 Å². The van der Waals surface area contributed by atoms with Crippen LogP contribution in [0.25, 0.3) is 0 Å². The first kappa shape index (κ1) is 23.1. The monoisotopic (exact) mass is 465 g/mol. The fourth-order valence-electron chi connectivity index (χ4n) is 3.06. The van der Waals surface area contributed by atoms with Gasteiger partial charge in [-0.3, -0.25) is 4.72 Å². The lowest BCUT2D eigenvalue weighted by atomic mass is 10.0. The number of ether oxygens (including phenoxy) is 1. The minimum atomic E-state index is -5.05. The zero-order valence-electron chi connectivity index (χ0n) is 16.5. The van der Waals surface area contributed by atoms with Gasteiger partial charge < -0.3 is 9.84 Å². The van der Waals surface area contributed by atoms with Crippen molar-refractivity contribution in [1.29, 1.82) is 0 Å². The van der Waals surface area contributed by atoms with Crippen LogP contribution in [0.1, 0.15) is 21.5 Å². The number of aryl methyl sites for hydroxylation is 2. The molecule has 0 radical (unpaired) electrons. The number of rotatable bonds is 8. The smallest absolute Gasteiger partial charge is 0.478 e. The van der Waals surface area contributed by atoms with E-state index < -0.39 is 33.0 Å². The van der Waals surface area contributed by atoms with Crippen LogP contribution in [0, 0.1) is 0 Å². The molecular weight excluding hydrogens is 447 g/mol. The predicted molar refractivity (Wildman–Crippen MR) is 111 cm³/mol. The first-order valence-corrected chi connectivity index (χ1v) is 10.8. The number of sulfonamides is 1. The molecule has 3 aromatic carbocycles. The van der Waals surface area contributed by atoms with E-state index in [0.29, 0.717) is 18.4 Å². The molecule has 0 heterocycles. The molecular formula is C22H18F3NO5S. The van der Waals surface area contributed by atoms with Crippen LogP contribution >= 0.6 is 0 Å². The lowest BCUT2D eigenvalue weighted by Gasteiger charge is -2.16. The van der Waals surface area contributed by atoms with Crippen molar-refractivity contribution < 1.29 is 36.2 Å². The molecule has 32 heavy (non-hydrogen) atoms. The molecule has 0 saturated heterocycles. The van der Waals surface area contributed by atoms with E-state index in [4.69, 9.17) is 5.11 Å². The van der Waals surface area contributed by atoms with Gasteiger partial charge in [0.25, 0.3) is 10.0 Å². The highest BCUT2D eigenvalue weighted by atomic mass is 32.2. The Morgan fingerprint density at radius 2 is 1.62 bits per heavy atom. The van der Waals surface area contributed by atoms with E-state index in [9.17, 15) is 26.4 Å². The number of para-hydroxylation sites is 2. The van der Waals surface area contributed by atoms with Crippen LogP contribution in [0.15, 0.2) is 77.7 Å². The number of benzene rings is 3. The number of anilines is 1. The molecule has 0 fully saturated rings. The maximum Gasteiger partial charge on any atom is 0.573 e. The Morgan fingerprint density at radius 3 is 2.34 bits per heavy atom. The van der Waals surface area contributed by atoms with Gasteiger partial charge in [0.15, 0.2) is 0 Å². The highest BCUT2D eigenvalue weighted by molar-refractivity contribution is 7.92. The molecule has 0 aromatic heterocycles. The Bertz CT molecular complexity index is 1230. The van der Waals surface area contributed by atoms with Crippen LogP contribution in [-0.2, 0) is 22.9 Å². The van der Waals surface area contributed by atoms with Crippen LogP contribution in [0.5, 0.6) is 5.75 Å². The molecule has 0 bridgehead atoms. The van der Waals surface area contributed by atoms with Gasteiger partial charge in [0.1, 0.15) is 10.6 Å².